The largest absolute Gasteiger partial charge is 0.477 e. The van der Waals surface area contributed by atoms with Gasteiger partial charge in [-0.3, -0.25) is 0 Å². The summed E-state index contributed by atoms with van der Waals surface area (Å²) in [6.07, 6.45) is 0.919. The van der Waals surface area contributed by atoms with Gasteiger partial charge >= 0.3 is 11.9 Å². The highest BCUT2D eigenvalue weighted by Crippen LogP contribution is 2.25. The number of para-hydroxylation sites is 1. The molecule has 1 heterocycles. The first-order chi connectivity index (χ1) is 8.58. The molecule has 0 bridgehead atoms. The standard InChI is InChI=1S/C11H8N2O4S/c14-9(15)6(10(16)17)5-12-11-13-7-3-1-2-4-8(7)18-11/h1-5H,(H,12,13)(H,14,15)(H,16,17). The minimum absolute atomic E-state index is 0.441. The first kappa shape index (κ1) is 12.1. The summed E-state index contributed by atoms with van der Waals surface area (Å²) in [6, 6.07) is 7.38. The van der Waals surface area contributed by atoms with Crippen LogP contribution in [0, 0.1) is 0 Å². The van der Waals surface area contributed by atoms with E-state index in [1.165, 1.54) is 11.3 Å². The Kier molecular flexibility index (Phi) is 3.24. The van der Waals surface area contributed by atoms with Crippen LogP contribution in [-0.2, 0) is 9.59 Å². The molecule has 18 heavy (non-hydrogen) atoms. The average Bonchev–Trinajstić information content (AvgIpc) is 2.70. The number of thiazole rings is 1. The van der Waals surface area contributed by atoms with Crippen molar-refractivity contribution in [2.45, 2.75) is 0 Å². The smallest absolute Gasteiger partial charge is 0.344 e. The molecule has 2 aromatic rings. The molecule has 0 aliphatic heterocycles. The highest BCUT2D eigenvalue weighted by atomic mass is 32.1. The predicted molar refractivity (Wildman–Crippen MR) is 66.6 cm³/mol. The van der Waals surface area contributed by atoms with Gasteiger partial charge in [-0.2, -0.15) is 0 Å². The van der Waals surface area contributed by atoms with E-state index >= 15 is 0 Å². The topological polar surface area (TPSA) is 99.5 Å². The van der Waals surface area contributed by atoms with Crippen molar-refractivity contribution in [2.24, 2.45) is 0 Å². The molecule has 0 amide bonds. The van der Waals surface area contributed by atoms with Crippen molar-refractivity contribution in [3.63, 3.8) is 0 Å². The van der Waals surface area contributed by atoms with E-state index in [1.807, 2.05) is 24.3 Å². The quantitative estimate of drug-likeness (QED) is 0.442. The van der Waals surface area contributed by atoms with Gasteiger partial charge in [-0.15, -0.1) is 0 Å². The molecule has 3 N–H and O–H groups in total. The Hall–Kier alpha value is -2.41. The van der Waals surface area contributed by atoms with Gasteiger partial charge in [0.25, 0.3) is 0 Å². The summed E-state index contributed by atoms with van der Waals surface area (Å²) in [6.45, 7) is 0. The number of benzene rings is 1. The van der Waals surface area contributed by atoms with Crippen LogP contribution in [-0.4, -0.2) is 27.1 Å². The number of aliphatic carboxylic acids is 2. The van der Waals surface area contributed by atoms with Crippen molar-refractivity contribution < 1.29 is 19.8 Å². The molecule has 0 aliphatic carbocycles. The Morgan fingerprint density at radius 1 is 1.22 bits per heavy atom. The molecule has 0 unspecified atom stereocenters. The second-order valence-corrected chi connectivity index (χ2v) is 4.33. The van der Waals surface area contributed by atoms with Gasteiger partial charge in [0.05, 0.1) is 10.2 Å². The van der Waals surface area contributed by atoms with Crippen molar-refractivity contribution in [1.29, 1.82) is 0 Å². The van der Waals surface area contributed by atoms with Crippen molar-refractivity contribution in [2.75, 3.05) is 5.32 Å². The van der Waals surface area contributed by atoms with E-state index in [1.54, 1.807) is 0 Å². The number of carboxylic acids is 2. The zero-order chi connectivity index (χ0) is 13.1. The van der Waals surface area contributed by atoms with Crippen LogP contribution in [0.2, 0.25) is 0 Å². The number of anilines is 1. The van der Waals surface area contributed by atoms with Crippen LogP contribution in [0.25, 0.3) is 10.2 Å². The number of rotatable bonds is 4. The van der Waals surface area contributed by atoms with Crippen LogP contribution in [0.1, 0.15) is 0 Å². The van der Waals surface area contributed by atoms with E-state index in [4.69, 9.17) is 10.2 Å². The van der Waals surface area contributed by atoms with Crippen LogP contribution < -0.4 is 5.32 Å². The average molecular weight is 264 g/mol. The Balaban J connectivity index is 2.26. The van der Waals surface area contributed by atoms with E-state index in [-0.39, 0.29) is 0 Å². The number of hydrogen-bond acceptors (Lipinski definition) is 5. The number of carbonyl (C=O) groups is 2. The molecule has 0 fully saturated rings. The van der Waals surface area contributed by atoms with Gasteiger partial charge in [0.15, 0.2) is 10.7 Å². The monoisotopic (exact) mass is 264 g/mol. The first-order valence-electron chi connectivity index (χ1n) is 4.87. The van der Waals surface area contributed by atoms with Crippen LogP contribution in [0.15, 0.2) is 36.0 Å². The lowest BCUT2D eigenvalue weighted by molar-refractivity contribution is -0.140. The Bertz CT molecular complexity index is 598. The molecule has 92 valence electrons. The molecule has 0 aliphatic rings. The zero-order valence-electron chi connectivity index (χ0n) is 8.95. The molecule has 7 heteroatoms. The number of aromatic nitrogens is 1. The van der Waals surface area contributed by atoms with E-state index < -0.39 is 17.5 Å². The number of nitrogens with one attached hydrogen (secondary N) is 1. The summed E-state index contributed by atoms with van der Waals surface area (Å²) in [5, 5.41) is 20.3. The minimum atomic E-state index is -1.50. The molecular formula is C11H8N2O4S. The van der Waals surface area contributed by atoms with Crippen LogP contribution in [0.4, 0.5) is 5.13 Å². The fourth-order valence-corrected chi connectivity index (χ4v) is 2.12. The predicted octanol–water partition coefficient (Wildman–Crippen LogP) is 1.76. The van der Waals surface area contributed by atoms with E-state index in [0.29, 0.717) is 5.13 Å². The van der Waals surface area contributed by atoms with Gasteiger partial charge < -0.3 is 15.5 Å². The van der Waals surface area contributed by atoms with Crippen LogP contribution in [0.5, 0.6) is 0 Å². The summed E-state index contributed by atoms with van der Waals surface area (Å²) in [5.41, 5.74) is 0.0276. The molecule has 2 rings (SSSR count). The van der Waals surface area contributed by atoms with E-state index in [2.05, 4.69) is 10.3 Å². The molecule has 0 saturated carbocycles. The Morgan fingerprint density at radius 3 is 2.50 bits per heavy atom. The number of fused-ring (bicyclic) bond motifs is 1. The fraction of sp³-hybridized carbons (Fsp3) is 0. The molecular weight excluding hydrogens is 256 g/mol. The summed E-state index contributed by atoms with van der Waals surface area (Å²) in [7, 11) is 0. The van der Waals surface area contributed by atoms with Gasteiger partial charge in [0.1, 0.15) is 0 Å². The first-order valence-corrected chi connectivity index (χ1v) is 5.68. The summed E-state index contributed by atoms with van der Waals surface area (Å²) >= 11 is 1.31. The molecule has 0 radical (unpaired) electrons. The van der Waals surface area contributed by atoms with Crippen molar-refractivity contribution in [3.8, 4) is 0 Å². The maximum absolute atomic E-state index is 10.6. The lowest BCUT2D eigenvalue weighted by atomic mass is 10.3. The number of nitrogens with zero attached hydrogens (tertiary/aromatic N) is 1. The lowest BCUT2D eigenvalue weighted by Gasteiger charge is -1.96. The summed E-state index contributed by atoms with van der Waals surface area (Å²) < 4.78 is 0.931. The third-order valence-corrected chi connectivity index (χ3v) is 3.06. The van der Waals surface area contributed by atoms with E-state index in [0.717, 1.165) is 16.4 Å². The molecule has 0 saturated heterocycles. The highest BCUT2D eigenvalue weighted by molar-refractivity contribution is 7.22. The summed E-state index contributed by atoms with van der Waals surface area (Å²) in [5.74, 6) is -3.01. The molecule has 0 atom stereocenters. The fourth-order valence-electron chi connectivity index (χ4n) is 1.28. The SMILES string of the molecule is O=C(O)C(=CNc1nc2ccccc2s1)C(=O)O. The summed E-state index contributed by atoms with van der Waals surface area (Å²) in [4.78, 5) is 25.4. The molecule has 1 aromatic carbocycles. The minimum Gasteiger partial charge on any atom is -0.477 e. The zero-order valence-corrected chi connectivity index (χ0v) is 9.77. The van der Waals surface area contributed by atoms with Crippen LogP contribution >= 0.6 is 11.3 Å². The second-order valence-electron chi connectivity index (χ2n) is 3.30. The van der Waals surface area contributed by atoms with Crippen molar-refractivity contribution in [1.82, 2.24) is 4.98 Å². The molecule has 6 nitrogen and oxygen atoms in total. The Labute approximate surface area is 105 Å². The maximum Gasteiger partial charge on any atom is 0.344 e. The van der Waals surface area contributed by atoms with Crippen molar-refractivity contribution >= 4 is 38.6 Å². The third kappa shape index (κ3) is 2.46. The van der Waals surface area contributed by atoms with Crippen LogP contribution in [0.3, 0.4) is 0 Å². The van der Waals surface area contributed by atoms with Gasteiger partial charge in [0.2, 0.25) is 0 Å². The molecule has 0 spiro atoms. The highest BCUT2D eigenvalue weighted by Gasteiger charge is 2.15. The normalized spacial score (nSPS) is 10.0. The Morgan fingerprint density at radius 2 is 1.89 bits per heavy atom. The van der Waals surface area contributed by atoms with Gasteiger partial charge in [0, 0.05) is 6.20 Å². The number of carboxylic acid groups (broad SMARTS) is 2. The maximum atomic E-state index is 10.6. The van der Waals surface area contributed by atoms with Gasteiger partial charge in [-0.25, -0.2) is 14.6 Å². The van der Waals surface area contributed by atoms with Crippen molar-refractivity contribution in [3.05, 3.63) is 36.0 Å². The van der Waals surface area contributed by atoms with E-state index in [9.17, 15) is 9.59 Å². The second kappa shape index (κ2) is 4.84. The van der Waals surface area contributed by atoms with Gasteiger partial charge in [-0.05, 0) is 12.1 Å². The third-order valence-electron chi connectivity index (χ3n) is 2.09. The lowest BCUT2D eigenvalue weighted by Crippen LogP contribution is -2.12. The molecule has 1 aromatic heterocycles. The number of hydrogen-bond donors (Lipinski definition) is 3. The van der Waals surface area contributed by atoms with Gasteiger partial charge in [-0.1, -0.05) is 23.5 Å².